The zero-order valence-electron chi connectivity index (χ0n) is 13.2. The lowest BCUT2D eigenvalue weighted by Crippen LogP contribution is -2.50. The molecule has 1 aliphatic rings. The molecule has 1 aromatic rings. The van der Waals surface area contributed by atoms with Crippen LogP contribution in [0.15, 0.2) is 24.3 Å². The minimum atomic E-state index is 0.200. The maximum Gasteiger partial charge on any atom is 0.236 e. The van der Waals surface area contributed by atoms with E-state index in [2.05, 4.69) is 21.9 Å². The van der Waals surface area contributed by atoms with Gasteiger partial charge in [0.1, 0.15) is 0 Å². The van der Waals surface area contributed by atoms with Crippen LogP contribution in [0.5, 0.6) is 0 Å². The number of hydrogen-bond acceptors (Lipinski definition) is 4. The van der Waals surface area contributed by atoms with Gasteiger partial charge in [0.25, 0.3) is 0 Å². The van der Waals surface area contributed by atoms with Crippen molar-refractivity contribution in [2.24, 2.45) is 0 Å². The Kier molecular flexibility index (Phi) is 5.07. The van der Waals surface area contributed by atoms with Crippen molar-refractivity contribution < 1.29 is 4.79 Å². The molecule has 0 spiro atoms. The van der Waals surface area contributed by atoms with E-state index in [1.807, 2.05) is 37.9 Å². The lowest BCUT2D eigenvalue weighted by atomic mass is 10.2. The molecule has 5 nitrogen and oxygen atoms in total. The van der Waals surface area contributed by atoms with Crippen LogP contribution >= 0.6 is 0 Å². The van der Waals surface area contributed by atoms with Gasteiger partial charge >= 0.3 is 0 Å². The third-order valence-electron chi connectivity index (χ3n) is 4.16. The van der Waals surface area contributed by atoms with Gasteiger partial charge < -0.3 is 15.5 Å². The molecule has 0 aromatic heterocycles. The van der Waals surface area contributed by atoms with Crippen molar-refractivity contribution in [3.8, 4) is 0 Å². The van der Waals surface area contributed by atoms with Crippen LogP contribution in [0.25, 0.3) is 0 Å². The number of rotatable bonds is 4. The van der Waals surface area contributed by atoms with Gasteiger partial charge in [0.2, 0.25) is 5.91 Å². The molecule has 21 heavy (non-hydrogen) atoms. The van der Waals surface area contributed by atoms with Crippen molar-refractivity contribution >= 4 is 17.3 Å². The second-order valence-electron chi connectivity index (χ2n) is 5.95. The Labute approximate surface area is 127 Å². The largest absolute Gasteiger partial charge is 0.399 e. The van der Waals surface area contributed by atoms with Gasteiger partial charge in [-0.05, 0) is 38.1 Å². The Hall–Kier alpha value is -1.75. The second kappa shape index (κ2) is 6.80. The van der Waals surface area contributed by atoms with Gasteiger partial charge in [0.15, 0.2) is 0 Å². The van der Waals surface area contributed by atoms with Crippen LogP contribution in [-0.2, 0) is 4.79 Å². The number of nitrogens with two attached hydrogens (primary N) is 1. The van der Waals surface area contributed by atoms with E-state index < -0.39 is 0 Å². The molecule has 1 heterocycles. The van der Waals surface area contributed by atoms with Crippen molar-refractivity contribution in [3.63, 3.8) is 0 Å². The summed E-state index contributed by atoms with van der Waals surface area (Å²) in [6.07, 6.45) is 0. The number of carbonyl (C=O) groups excluding carboxylic acids is 1. The molecule has 0 bridgehead atoms. The van der Waals surface area contributed by atoms with Gasteiger partial charge in [-0.2, -0.15) is 0 Å². The van der Waals surface area contributed by atoms with E-state index in [1.54, 1.807) is 0 Å². The van der Waals surface area contributed by atoms with E-state index in [9.17, 15) is 4.79 Å². The van der Waals surface area contributed by atoms with Crippen LogP contribution in [-0.4, -0.2) is 61.5 Å². The van der Waals surface area contributed by atoms with Crippen LogP contribution < -0.4 is 10.6 Å². The topological polar surface area (TPSA) is 52.8 Å². The highest BCUT2D eigenvalue weighted by molar-refractivity contribution is 5.78. The summed E-state index contributed by atoms with van der Waals surface area (Å²) in [6, 6.07) is 8.24. The summed E-state index contributed by atoms with van der Waals surface area (Å²) in [5, 5.41) is 0. The fourth-order valence-corrected chi connectivity index (χ4v) is 2.44. The molecule has 2 N–H and O–H groups in total. The van der Waals surface area contributed by atoms with E-state index in [1.165, 1.54) is 5.69 Å². The Morgan fingerprint density at radius 1 is 1.19 bits per heavy atom. The summed E-state index contributed by atoms with van der Waals surface area (Å²) in [6.45, 7) is 8.33. The standard InChI is InChI=1S/C16H26N4O/c1-13(2)18(3)16(21)12-19-8-10-20(11-9-19)15-6-4-14(17)5-7-15/h4-7,13H,8-12,17H2,1-3H3. The fourth-order valence-electron chi connectivity index (χ4n) is 2.44. The highest BCUT2D eigenvalue weighted by atomic mass is 16.2. The van der Waals surface area contributed by atoms with E-state index in [-0.39, 0.29) is 11.9 Å². The smallest absolute Gasteiger partial charge is 0.236 e. The predicted octanol–water partition coefficient (Wildman–Crippen LogP) is 1.26. The normalized spacial score (nSPS) is 16.3. The molecule has 116 valence electrons. The summed E-state index contributed by atoms with van der Waals surface area (Å²) in [4.78, 5) is 18.5. The molecule has 2 rings (SSSR count). The van der Waals surface area contributed by atoms with Gasteiger partial charge in [0, 0.05) is 50.6 Å². The predicted molar refractivity (Wildman–Crippen MR) is 87.4 cm³/mol. The molecule has 0 atom stereocenters. The van der Waals surface area contributed by atoms with E-state index >= 15 is 0 Å². The lowest BCUT2D eigenvalue weighted by molar-refractivity contribution is -0.132. The maximum absolute atomic E-state index is 12.1. The van der Waals surface area contributed by atoms with Crippen LogP contribution in [0.3, 0.4) is 0 Å². The average Bonchev–Trinajstić information content (AvgIpc) is 2.48. The Morgan fingerprint density at radius 2 is 1.76 bits per heavy atom. The molecule has 0 unspecified atom stereocenters. The second-order valence-corrected chi connectivity index (χ2v) is 5.95. The highest BCUT2D eigenvalue weighted by Gasteiger charge is 2.21. The van der Waals surface area contributed by atoms with Crippen LogP contribution in [0.1, 0.15) is 13.8 Å². The zero-order valence-corrected chi connectivity index (χ0v) is 13.2. The number of benzene rings is 1. The van der Waals surface area contributed by atoms with E-state index in [0.717, 1.165) is 31.9 Å². The number of piperazine rings is 1. The molecular formula is C16H26N4O. The minimum absolute atomic E-state index is 0.200. The number of likely N-dealkylation sites (N-methyl/N-ethyl adjacent to an activating group) is 1. The molecule has 1 aromatic carbocycles. The zero-order chi connectivity index (χ0) is 15.4. The van der Waals surface area contributed by atoms with E-state index in [0.29, 0.717) is 6.54 Å². The highest BCUT2D eigenvalue weighted by Crippen LogP contribution is 2.18. The number of anilines is 2. The first-order chi connectivity index (χ1) is 9.97. The summed E-state index contributed by atoms with van der Waals surface area (Å²) in [5.74, 6) is 0.200. The van der Waals surface area contributed by atoms with Gasteiger partial charge in [-0.25, -0.2) is 0 Å². The number of nitrogen functional groups attached to an aromatic ring is 1. The molecule has 0 aliphatic carbocycles. The Bertz CT molecular complexity index is 464. The Morgan fingerprint density at radius 3 is 2.29 bits per heavy atom. The average molecular weight is 290 g/mol. The van der Waals surface area contributed by atoms with Crippen molar-refractivity contribution in [2.45, 2.75) is 19.9 Å². The van der Waals surface area contributed by atoms with Gasteiger partial charge in [-0.1, -0.05) is 0 Å². The summed E-state index contributed by atoms with van der Waals surface area (Å²) in [5.41, 5.74) is 7.71. The van der Waals surface area contributed by atoms with Gasteiger partial charge in [-0.15, -0.1) is 0 Å². The molecule has 1 amide bonds. The van der Waals surface area contributed by atoms with E-state index in [4.69, 9.17) is 5.73 Å². The summed E-state index contributed by atoms with van der Waals surface area (Å²) >= 11 is 0. The number of nitrogens with zero attached hydrogens (tertiary/aromatic N) is 3. The molecule has 0 radical (unpaired) electrons. The first-order valence-electron chi connectivity index (χ1n) is 7.56. The first kappa shape index (κ1) is 15.6. The fraction of sp³-hybridized carbons (Fsp3) is 0.562. The van der Waals surface area contributed by atoms with Crippen molar-refractivity contribution in [1.29, 1.82) is 0 Å². The SMILES string of the molecule is CC(C)N(C)C(=O)CN1CCN(c2ccc(N)cc2)CC1. The molecule has 5 heteroatoms. The monoisotopic (exact) mass is 290 g/mol. The molecule has 1 saturated heterocycles. The number of amides is 1. The number of hydrogen-bond donors (Lipinski definition) is 1. The third-order valence-corrected chi connectivity index (χ3v) is 4.16. The van der Waals surface area contributed by atoms with Crippen LogP contribution in [0.2, 0.25) is 0 Å². The molecule has 1 fully saturated rings. The lowest BCUT2D eigenvalue weighted by Gasteiger charge is -2.36. The van der Waals surface area contributed by atoms with Crippen molar-refractivity contribution in [1.82, 2.24) is 9.80 Å². The van der Waals surface area contributed by atoms with Crippen molar-refractivity contribution in [2.75, 3.05) is 50.4 Å². The summed E-state index contributed by atoms with van der Waals surface area (Å²) in [7, 11) is 1.87. The first-order valence-corrected chi connectivity index (χ1v) is 7.56. The van der Waals surface area contributed by atoms with Crippen LogP contribution in [0, 0.1) is 0 Å². The maximum atomic E-state index is 12.1. The summed E-state index contributed by atoms with van der Waals surface area (Å²) < 4.78 is 0. The third kappa shape index (κ3) is 4.11. The Balaban J connectivity index is 1.83. The molecule has 1 aliphatic heterocycles. The van der Waals surface area contributed by atoms with Gasteiger partial charge in [0.05, 0.1) is 6.54 Å². The van der Waals surface area contributed by atoms with Crippen LogP contribution in [0.4, 0.5) is 11.4 Å². The quantitative estimate of drug-likeness (QED) is 0.848. The number of carbonyl (C=O) groups is 1. The molecular weight excluding hydrogens is 264 g/mol. The molecule has 0 saturated carbocycles. The van der Waals surface area contributed by atoms with Crippen molar-refractivity contribution in [3.05, 3.63) is 24.3 Å². The van der Waals surface area contributed by atoms with Gasteiger partial charge in [-0.3, -0.25) is 9.69 Å². The minimum Gasteiger partial charge on any atom is -0.399 e.